The van der Waals surface area contributed by atoms with E-state index in [1.54, 1.807) is 14.2 Å². The second kappa shape index (κ2) is 7.51. The van der Waals surface area contributed by atoms with Gasteiger partial charge in [-0.2, -0.15) is 0 Å². The normalized spacial score (nSPS) is 12.7. The van der Waals surface area contributed by atoms with Crippen LogP contribution in [0.25, 0.3) is 32.5 Å². The Kier molecular flexibility index (Phi) is 4.82. The third kappa shape index (κ3) is 2.78. The fourth-order valence-corrected chi connectivity index (χ4v) is 5.94. The quantitative estimate of drug-likeness (QED) is 0.354. The summed E-state index contributed by atoms with van der Waals surface area (Å²) in [5, 5.41) is 3.70. The van der Waals surface area contributed by atoms with E-state index in [0.717, 1.165) is 37.3 Å². The number of methoxy groups -OCH3 is 2. The van der Waals surface area contributed by atoms with Crippen molar-refractivity contribution in [3.8, 4) is 33.9 Å². The van der Waals surface area contributed by atoms with E-state index < -0.39 is 0 Å². The third-order valence-corrected chi connectivity index (χ3v) is 7.31. The summed E-state index contributed by atoms with van der Waals surface area (Å²) < 4.78 is 15.1. The molecule has 0 saturated heterocycles. The zero-order valence-corrected chi connectivity index (χ0v) is 18.9. The summed E-state index contributed by atoms with van der Waals surface area (Å²) in [7, 11) is 3.43. The Hall–Kier alpha value is -2.72. The molecule has 0 unspecified atom stereocenters. The molecule has 2 aromatic heterocycles. The summed E-state index contributed by atoms with van der Waals surface area (Å²) >= 11 is 1.84. The van der Waals surface area contributed by atoms with Gasteiger partial charge in [0.1, 0.15) is 0 Å². The molecule has 0 spiro atoms. The zero-order chi connectivity index (χ0) is 20.8. The summed E-state index contributed by atoms with van der Waals surface area (Å²) in [5.41, 5.74) is 9.63. The Morgan fingerprint density at radius 1 is 1.03 bits per heavy atom. The molecule has 154 valence electrons. The highest BCUT2D eigenvalue weighted by molar-refractivity contribution is 7.17. The van der Waals surface area contributed by atoms with Crippen LogP contribution in [0, 0.1) is 6.92 Å². The summed E-state index contributed by atoms with van der Waals surface area (Å²) in [4.78, 5) is 0. The average Bonchev–Trinajstić information content (AvgIpc) is 3.32. The van der Waals surface area contributed by atoms with Gasteiger partial charge < -0.3 is 14.0 Å². The number of nitrogens with zero attached hydrogens (tertiary/aromatic N) is 1. The summed E-state index contributed by atoms with van der Waals surface area (Å²) in [6, 6.07) is 13.1. The van der Waals surface area contributed by atoms with Gasteiger partial charge in [-0.3, -0.25) is 0 Å². The van der Waals surface area contributed by atoms with Crippen LogP contribution in [0.5, 0.6) is 11.5 Å². The first-order valence-electron chi connectivity index (χ1n) is 10.6. The Balaban J connectivity index is 1.81. The molecule has 1 aliphatic heterocycles. The van der Waals surface area contributed by atoms with E-state index >= 15 is 0 Å². The predicted octanol–water partition coefficient (Wildman–Crippen LogP) is 6.87. The van der Waals surface area contributed by atoms with Gasteiger partial charge in [0.25, 0.3) is 0 Å². The lowest BCUT2D eigenvalue weighted by Crippen LogP contribution is -2.13. The number of thiophene rings is 1. The van der Waals surface area contributed by atoms with E-state index in [2.05, 4.69) is 60.2 Å². The molecule has 30 heavy (non-hydrogen) atoms. The lowest BCUT2D eigenvalue weighted by molar-refractivity contribution is 0.354. The first-order chi connectivity index (χ1) is 14.7. The van der Waals surface area contributed by atoms with Gasteiger partial charge in [0.2, 0.25) is 0 Å². The average molecular weight is 418 g/mol. The molecule has 4 heteroatoms. The van der Waals surface area contributed by atoms with Crippen LogP contribution in [0.2, 0.25) is 0 Å². The van der Waals surface area contributed by atoms with Crippen LogP contribution in [0.1, 0.15) is 30.2 Å². The van der Waals surface area contributed by atoms with E-state index in [0.29, 0.717) is 0 Å². The highest BCUT2D eigenvalue weighted by Gasteiger charge is 2.28. The van der Waals surface area contributed by atoms with Crippen LogP contribution in [0.15, 0.2) is 41.8 Å². The largest absolute Gasteiger partial charge is 0.493 e. The van der Waals surface area contributed by atoms with Crippen LogP contribution >= 0.6 is 11.3 Å². The van der Waals surface area contributed by atoms with Crippen molar-refractivity contribution >= 4 is 21.4 Å². The van der Waals surface area contributed by atoms with Gasteiger partial charge in [0.15, 0.2) is 11.5 Å². The second-order valence-corrected chi connectivity index (χ2v) is 8.86. The van der Waals surface area contributed by atoms with E-state index in [1.165, 1.54) is 49.3 Å². The summed E-state index contributed by atoms with van der Waals surface area (Å²) in [5.74, 6) is 1.61. The van der Waals surface area contributed by atoms with Gasteiger partial charge in [0, 0.05) is 39.0 Å². The molecule has 0 fully saturated rings. The second-order valence-electron chi connectivity index (χ2n) is 7.95. The molecule has 0 N–H and O–H groups in total. The Morgan fingerprint density at radius 3 is 2.57 bits per heavy atom. The predicted molar refractivity (Wildman–Crippen MR) is 126 cm³/mol. The van der Waals surface area contributed by atoms with E-state index in [9.17, 15) is 0 Å². The van der Waals surface area contributed by atoms with Gasteiger partial charge in [-0.05, 0) is 54.5 Å². The minimum absolute atomic E-state index is 0.800. The van der Waals surface area contributed by atoms with Gasteiger partial charge in [-0.15, -0.1) is 11.3 Å². The lowest BCUT2D eigenvalue weighted by atomic mass is 9.91. The van der Waals surface area contributed by atoms with Crippen molar-refractivity contribution in [2.45, 2.75) is 39.7 Å². The Morgan fingerprint density at radius 2 is 1.80 bits per heavy atom. The number of fused-ring (bicyclic) bond motifs is 4. The SMILES string of the molecule is CCCc1c(-c2csc3ccccc23)c(C)n2c1-c1cc(OC)c(OC)cc1CC2. The van der Waals surface area contributed by atoms with Crippen LogP contribution in [-0.4, -0.2) is 18.8 Å². The third-order valence-electron chi connectivity index (χ3n) is 6.34. The molecule has 0 saturated carbocycles. The molecule has 0 radical (unpaired) electrons. The number of ether oxygens (including phenoxy) is 2. The number of hydrogen-bond donors (Lipinski definition) is 0. The first-order valence-corrected chi connectivity index (χ1v) is 11.5. The molecule has 1 aliphatic rings. The maximum Gasteiger partial charge on any atom is 0.161 e. The molecular weight excluding hydrogens is 390 g/mol. The van der Waals surface area contributed by atoms with Crippen molar-refractivity contribution in [1.29, 1.82) is 0 Å². The van der Waals surface area contributed by atoms with E-state index in [1.807, 2.05) is 11.3 Å². The van der Waals surface area contributed by atoms with Crippen LogP contribution in [0.3, 0.4) is 0 Å². The minimum Gasteiger partial charge on any atom is -0.493 e. The van der Waals surface area contributed by atoms with Gasteiger partial charge in [-0.1, -0.05) is 31.5 Å². The van der Waals surface area contributed by atoms with Crippen molar-refractivity contribution in [1.82, 2.24) is 4.57 Å². The number of rotatable bonds is 5. The molecule has 0 atom stereocenters. The van der Waals surface area contributed by atoms with Crippen molar-refractivity contribution in [2.75, 3.05) is 14.2 Å². The minimum atomic E-state index is 0.800. The number of benzene rings is 2. The molecule has 3 nitrogen and oxygen atoms in total. The molecule has 0 aliphatic carbocycles. The highest BCUT2D eigenvalue weighted by Crippen LogP contribution is 2.47. The summed E-state index contributed by atoms with van der Waals surface area (Å²) in [6.07, 6.45) is 3.19. The van der Waals surface area contributed by atoms with Crippen LogP contribution in [-0.2, 0) is 19.4 Å². The molecule has 3 heterocycles. The molecule has 4 aromatic rings. The number of aryl methyl sites for hydroxylation is 1. The summed E-state index contributed by atoms with van der Waals surface area (Å²) in [6.45, 7) is 5.56. The van der Waals surface area contributed by atoms with Crippen molar-refractivity contribution in [3.05, 3.63) is 58.6 Å². The Bertz CT molecular complexity index is 1250. The van der Waals surface area contributed by atoms with Crippen molar-refractivity contribution in [2.24, 2.45) is 0 Å². The number of aromatic nitrogens is 1. The van der Waals surface area contributed by atoms with E-state index in [-0.39, 0.29) is 0 Å². The fourth-order valence-electron chi connectivity index (χ4n) is 4.99. The van der Waals surface area contributed by atoms with Crippen molar-refractivity contribution in [3.63, 3.8) is 0 Å². The molecular formula is C26H27NO2S. The van der Waals surface area contributed by atoms with Gasteiger partial charge >= 0.3 is 0 Å². The lowest BCUT2D eigenvalue weighted by Gasteiger charge is -2.23. The molecule has 0 bridgehead atoms. The van der Waals surface area contributed by atoms with E-state index in [4.69, 9.17) is 9.47 Å². The maximum absolute atomic E-state index is 5.65. The standard InChI is InChI=1S/C26H27NO2S/c1-5-8-19-25(21-15-30-24-10-7-6-9-18(21)24)16(2)27-12-11-17-13-22(28-3)23(29-4)14-20(17)26(19)27/h6-7,9-10,13-15H,5,8,11-12H2,1-4H3. The zero-order valence-electron chi connectivity index (χ0n) is 18.0. The van der Waals surface area contributed by atoms with Crippen LogP contribution in [0.4, 0.5) is 0 Å². The maximum atomic E-state index is 5.65. The molecule has 0 amide bonds. The highest BCUT2D eigenvalue weighted by atomic mass is 32.1. The molecule has 2 aromatic carbocycles. The Labute approximate surface area is 181 Å². The fraction of sp³-hybridized carbons (Fsp3) is 0.308. The van der Waals surface area contributed by atoms with Gasteiger partial charge in [-0.25, -0.2) is 0 Å². The molecule has 5 rings (SSSR count). The number of hydrogen-bond acceptors (Lipinski definition) is 3. The van der Waals surface area contributed by atoms with Crippen LogP contribution < -0.4 is 9.47 Å². The van der Waals surface area contributed by atoms with Gasteiger partial charge in [0.05, 0.1) is 19.9 Å². The van der Waals surface area contributed by atoms with Crippen molar-refractivity contribution < 1.29 is 9.47 Å². The monoisotopic (exact) mass is 417 g/mol. The first kappa shape index (κ1) is 19.3. The smallest absolute Gasteiger partial charge is 0.161 e. The topological polar surface area (TPSA) is 23.4 Å².